The zero-order valence-electron chi connectivity index (χ0n) is 10.6. The minimum atomic E-state index is -1.25. The van der Waals surface area contributed by atoms with Crippen LogP contribution in [0.25, 0.3) is 0 Å². The van der Waals surface area contributed by atoms with Crippen LogP contribution in [-0.2, 0) is 0 Å². The summed E-state index contributed by atoms with van der Waals surface area (Å²) >= 11 is 0. The molecule has 0 spiro atoms. The van der Waals surface area contributed by atoms with Crippen molar-refractivity contribution < 1.29 is 19.1 Å². The fraction of sp³-hybridized carbons (Fsp3) is 0.0714. The summed E-state index contributed by atoms with van der Waals surface area (Å²) in [7, 11) is 0. The maximum atomic E-state index is 13.1. The molecule has 102 valence electrons. The summed E-state index contributed by atoms with van der Waals surface area (Å²) in [6.45, 7) is 1.70. The molecule has 0 aliphatic rings. The van der Waals surface area contributed by atoms with Crippen molar-refractivity contribution in [1.29, 1.82) is 0 Å². The SMILES string of the molecule is Cc1ccc(F)cc1NC(=O)c1ncccc1C(=O)O. The molecule has 0 saturated carbocycles. The number of nitrogens with one attached hydrogen (secondary N) is 1. The number of carboxylic acid groups (broad SMARTS) is 1. The number of anilines is 1. The summed E-state index contributed by atoms with van der Waals surface area (Å²) in [5.74, 6) is -2.44. The average molecular weight is 274 g/mol. The molecule has 1 amide bonds. The number of rotatable bonds is 3. The van der Waals surface area contributed by atoms with Crippen molar-refractivity contribution in [3.8, 4) is 0 Å². The molecule has 0 fully saturated rings. The predicted octanol–water partition coefficient (Wildman–Crippen LogP) is 2.48. The van der Waals surface area contributed by atoms with Crippen molar-refractivity contribution in [3.63, 3.8) is 0 Å². The van der Waals surface area contributed by atoms with Crippen molar-refractivity contribution in [2.45, 2.75) is 6.92 Å². The summed E-state index contributed by atoms with van der Waals surface area (Å²) < 4.78 is 13.1. The van der Waals surface area contributed by atoms with E-state index in [1.165, 1.54) is 30.5 Å². The van der Waals surface area contributed by atoms with Gasteiger partial charge in [0, 0.05) is 11.9 Å². The van der Waals surface area contributed by atoms with Gasteiger partial charge in [-0.3, -0.25) is 9.78 Å². The highest BCUT2D eigenvalue weighted by molar-refractivity contribution is 6.09. The van der Waals surface area contributed by atoms with E-state index in [2.05, 4.69) is 10.3 Å². The molecule has 1 aromatic carbocycles. The van der Waals surface area contributed by atoms with E-state index in [0.717, 1.165) is 6.07 Å². The number of benzene rings is 1. The van der Waals surface area contributed by atoms with Gasteiger partial charge in [0.15, 0.2) is 0 Å². The van der Waals surface area contributed by atoms with E-state index in [0.29, 0.717) is 5.56 Å². The highest BCUT2D eigenvalue weighted by Gasteiger charge is 2.18. The fourth-order valence-corrected chi connectivity index (χ4v) is 1.67. The Labute approximate surface area is 114 Å². The van der Waals surface area contributed by atoms with Crippen LogP contribution >= 0.6 is 0 Å². The second kappa shape index (κ2) is 5.48. The first kappa shape index (κ1) is 13.7. The lowest BCUT2D eigenvalue weighted by Gasteiger charge is -2.09. The van der Waals surface area contributed by atoms with Crippen LogP contribution in [0.4, 0.5) is 10.1 Å². The standard InChI is InChI=1S/C14H11FN2O3/c1-8-4-5-9(15)7-11(8)17-13(18)12-10(14(19)20)3-2-6-16-12/h2-7H,1H3,(H,17,18)(H,19,20). The van der Waals surface area contributed by atoms with Crippen LogP contribution in [0.2, 0.25) is 0 Å². The highest BCUT2D eigenvalue weighted by Crippen LogP contribution is 2.17. The second-order valence-electron chi connectivity index (χ2n) is 4.12. The molecule has 0 radical (unpaired) electrons. The van der Waals surface area contributed by atoms with Gasteiger partial charge < -0.3 is 10.4 Å². The molecule has 0 aliphatic carbocycles. The fourth-order valence-electron chi connectivity index (χ4n) is 1.67. The van der Waals surface area contributed by atoms with Crippen LogP contribution in [0, 0.1) is 12.7 Å². The number of aromatic carboxylic acids is 1. The maximum Gasteiger partial charge on any atom is 0.338 e. The lowest BCUT2D eigenvalue weighted by Crippen LogP contribution is -2.18. The third-order valence-electron chi connectivity index (χ3n) is 2.70. The molecule has 1 heterocycles. The van der Waals surface area contributed by atoms with E-state index in [4.69, 9.17) is 5.11 Å². The first-order valence-corrected chi connectivity index (χ1v) is 5.75. The molecule has 2 rings (SSSR count). The Hall–Kier alpha value is -2.76. The van der Waals surface area contributed by atoms with Gasteiger partial charge in [0.1, 0.15) is 11.5 Å². The Morgan fingerprint density at radius 1 is 1.30 bits per heavy atom. The van der Waals surface area contributed by atoms with Gasteiger partial charge in [-0.15, -0.1) is 0 Å². The zero-order chi connectivity index (χ0) is 14.7. The number of hydrogen-bond acceptors (Lipinski definition) is 3. The molecule has 0 atom stereocenters. The number of hydrogen-bond donors (Lipinski definition) is 2. The quantitative estimate of drug-likeness (QED) is 0.901. The number of nitrogens with zero attached hydrogens (tertiary/aromatic N) is 1. The number of aromatic nitrogens is 1. The number of halogens is 1. The Bertz CT molecular complexity index is 686. The zero-order valence-corrected chi connectivity index (χ0v) is 10.6. The van der Waals surface area contributed by atoms with E-state index >= 15 is 0 Å². The van der Waals surface area contributed by atoms with Crippen LogP contribution in [0.1, 0.15) is 26.4 Å². The van der Waals surface area contributed by atoms with Gasteiger partial charge in [0.25, 0.3) is 5.91 Å². The molecule has 0 aliphatic heterocycles. The van der Waals surface area contributed by atoms with Crippen molar-refractivity contribution in [2.75, 3.05) is 5.32 Å². The normalized spacial score (nSPS) is 10.1. The Morgan fingerprint density at radius 3 is 2.75 bits per heavy atom. The molecule has 20 heavy (non-hydrogen) atoms. The topological polar surface area (TPSA) is 79.3 Å². The average Bonchev–Trinajstić information content (AvgIpc) is 2.42. The largest absolute Gasteiger partial charge is 0.478 e. The maximum absolute atomic E-state index is 13.1. The molecule has 6 heteroatoms. The summed E-state index contributed by atoms with van der Waals surface area (Å²) in [6.07, 6.45) is 1.32. The van der Waals surface area contributed by atoms with Crippen LogP contribution in [0.5, 0.6) is 0 Å². The van der Waals surface area contributed by atoms with Gasteiger partial charge in [-0.2, -0.15) is 0 Å². The van der Waals surface area contributed by atoms with E-state index in [1.807, 2.05) is 0 Å². The van der Waals surface area contributed by atoms with Gasteiger partial charge >= 0.3 is 5.97 Å². The molecule has 0 unspecified atom stereocenters. The number of carbonyl (C=O) groups excluding carboxylic acids is 1. The Balaban J connectivity index is 2.33. The number of amides is 1. The third kappa shape index (κ3) is 2.80. The molecule has 5 nitrogen and oxygen atoms in total. The molecular weight excluding hydrogens is 263 g/mol. The van der Waals surface area contributed by atoms with Crippen LogP contribution in [-0.4, -0.2) is 22.0 Å². The Kier molecular flexibility index (Phi) is 3.74. The summed E-state index contributed by atoms with van der Waals surface area (Å²) in [5.41, 5.74) is 0.507. The highest BCUT2D eigenvalue weighted by atomic mass is 19.1. The lowest BCUT2D eigenvalue weighted by atomic mass is 10.1. The number of pyridine rings is 1. The number of carbonyl (C=O) groups is 2. The lowest BCUT2D eigenvalue weighted by molar-refractivity contribution is 0.0691. The summed E-state index contributed by atoms with van der Waals surface area (Å²) in [5, 5.41) is 11.5. The van der Waals surface area contributed by atoms with Crippen molar-refractivity contribution in [1.82, 2.24) is 4.98 Å². The Morgan fingerprint density at radius 2 is 2.05 bits per heavy atom. The van der Waals surface area contributed by atoms with Crippen molar-refractivity contribution >= 4 is 17.6 Å². The third-order valence-corrected chi connectivity index (χ3v) is 2.70. The van der Waals surface area contributed by atoms with E-state index in [9.17, 15) is 14.0 Å². The van der Waals surface area contributed by atoms with Crippen LogP contribution in [0.15, 0.2) is 36.5 Å². The molecule has 0 bridgehead atoms. The summed E-state index contributed by atoms with van der Waals surface area (Å²) in [6, 6.07) is 6.66. The molecule has 1 aromatic heterocycles. The molecular formula is C14H11FN2O3. The van der Waals surface area contributed by atoms with Crippen LogP contribution < -0.4 is 5.32 Å². The monoisotopic (exact) mass is 274 g/mol. The van der Waals surface area contributed by atoms with Crippen molar-refractivity contribution in [2.24, 2.45) is 0 Å². The summed E-state index contributed by atoms with van der Waals surface area (Å²) in [4.78, 5) is 26.8. The van der Waals surface area contributed by atoms with Gasteiger partial charge in [-0.25, -0.2) is 9.18 Å². The van der Waals surface area contributed by atoms with Gasteiger partial charge in [0.05, 0.1) is 5.56 Å². The minimum absolute atomic E-state index is 0.209. The first-order chi connectivity index (χ1) is 9.49. The van der Waals surface area contributed by atoms with Gasteiger partial charge in [0.2, 0.25) is 0 Å². The van der Waals surface area contributed by atoms with Crippen molar-refractivity contribution in [3.05, 3.63) is 59.2 Å². The van der Waals surface area contributed by atoms with Gasteiger partial charge in [-0.05, 0) is 36.8 Å². The smallest absolute Gasteiger partial charge is 0.338 e. The minimum Gasteiger partial charge on any atom is -0.478 e. The molecule has 2 N–H and O–H groups in total. The van der Waals surface area contributed by atoms with Crippen LogP contribution in [0.3, 0.4) is 0 Å². The first-order valence-electron chi connectivity index (χ1n) is 5.75. The number of carboxylic acids is 1. The second-order valence-corrected chi connectivity index (χ2v) is 4.12. The van der Waals surface area contributed by atoms with E-state index < -0.39 is 17.7 Å². The van der Waals surface area contributed by atoms with Gasteiger partial charge in [-0.1, -0.05) is 6.07 Å². The number of aryl methyl sites for hydroxylation is 1. The molecule has 0 saturated heterocycles. The van der Waals surface area contributed by atoms with E-state index in [-0.39, 0.29) is 16.9 Å². The molecule has 2 aromatic rings. The van der Waals surface area contributed by atoms with E-state index in [1.54, 1.807) is 6.92 Å². The predicted molar refractivity (Wildman–Crippen MR) is 70.3 cm³/mol.